The van der Waals surface area contributed by atoms with E-state index in [0.717, 1.165) is 5.56 Å². The van der Waals surface area contributed by atoms with Gasteiger partial charge in [0, 0.05) is 24.9 Å². The SMILES string of the molecule is CC(C)CC(CNC(=O)CCc1nc(-c2ccc(C(C)C)cc2)no1)C(=O)O. The number of hydrogen-bond donors (Lipinski definition) is 2. The highest BCUT2D eigenvalue weighted by atomic mass is 16.5. The number of rotatable bonds is 10. The van der Waals surface area contributed by atoms with Gasteiger partial charge < -0.3 is 14.9 Å². The van der Waals surface area contributed by atoms with Crippen molar-refractivity contribution in [3.8, 4) is 11.4 Å². The highest BCUT2D eigenvalue weighted by Crippen LogP contribution is 2.20. The predicted molar refractivity (Wildman–Crippen MR) is 106 cm³/mol. The Labute approximate surface area is 165 Å². The first-order valence-electron chi connectivity index (χ1n) is 9.68. The van der Waals surface area contributed by atoms with Gasteiger partial charge >= 0.3 is 5.97 Å². The molecule has 0 aliphatic heterocycles. The monoisotopic (exact) mass is 387 g/mol. The van der Waals surface area contributed by atoms with Crippen molar-refractivity contribution >= 4 is 11.9 Å². The van der Waals surface area contributed by atoms with E-state index in [2.05, 4.69) is 29.3 Å². The standard InChI is InChI=1S/C21H29N3O4/c1-13(2)11-17(21(26)27)12-22-18(25)9-10-19-23-20(24-28-19)16-7-5-15(6-8-16)14(3)4/h5-8,13-14,17H,9-12H2,1-4H3,(H,22,25)(H,26,27). The number of amides is 1. The lowest BCUT2D eigenvalue weighted by atomic mass is 9.97. The Bertz CT molecular complexity index is 781. The number of benzene rings is 1. The quantitative estimate of drug-likeness (QED) is 0.644. The number of carboxylic acids is 1. The fourth-order valence-corrected chi connectivity index (χ4v) is 2.88. The summed E-state index contributed by atoms with van der Waals surface area (Å²) in [4.78, 5) is 27.6. The summed E-state index contributed by atoms with van der Waals surface area (Å²) in [5.41, 5.74) is 2.10. The van der Waals surface area contributed by atoms with Crippen LogP contribution in [0.1, 0.15) is 57.9 Å². The Morgan fingerprint density at radius 2 is 1.82 bits per heavy atom. The summed E-state index contributed by atoms with van der Waals surface area (Å²) in [6.45, 7) is 8.31. The molecule has 28 heavy (non-hydrogen) atoms. The van der Waals surface area contributed by atoms with Crippen molar-refractivity contribution in [2.75, 3.05) is 6.54 Å². The molecule has 2 rings (SSSR count). The molecule has 7 heteroatoms. The summed E-state index contributed by atoms with van der Waals surface area (Å²) >= 11 is 0. The van der Waals surface area contributed by atoms with Crippen molar-refractivity contribution in [3.63, 3.8) is 0 Å². The number of nitrogens with zero attached hydrogens (tertiary/aromatic N) is 2. The van der Waals surface area contributed by atoms with Gasteiger partial charge in [-0.15, -0.1) is 0 Å². The molecule has 1 heterocycles. The minimum atomic E-state index is -0.890. The molecule has 0 bridgehead atoms. The summed E-state index contributed by atoms with van der Waals surface area (Å²) in [6.07, 6.45) is 1.00. The maximum absolute atomic E-state index is 12.0. The number of aryl methyl sites for hydroxylation is 1. The van der Waals surface area contributed by atoms with Crippen molar-refractivity contribution in [1.82, 2.24) is 15.5 Å². The van der Waals surface area contributed by atoms with E-state index in [-0.39, 0.29) is 24.8 Å². The molecule has 0 aliphatic carbocycles. The van der Waals surface area contributed by atoms with Crippen LogP contribution >= 0.6 is 0 Å². The number of carboxylic acid groups (broad SMARTS) is 1. The molecule has 1 atom stereocenters. The molecule has 0 saturated heterocycles. The van der Waals surface area contributed by atoms with Gasteiger partial charge in [-0.05, 0) is 23.8 Å². The average molecular weight is 387 g/mol. The van der Waals surface area contributed by atoms with E-state index in [1.54, 1.807) is 0 Å². The predicted octanol–water partition coefficient (Wildman–Crippen LogP) is 3.66. The fourth-order valence-electron chi connectivity index (χ4n) is 2.88. The van der Waals surface area contributed by atoms with Crippen LogP contribution in [0.4, 0.5) is 0 Å². The molecule has 2 aromatic rings. The number of aliphatic carboxylic acids is 1. The van der Waals surface area contributed by atoms with Crippen LogP contribution in [0.25, 0.3) is 11.4 Å². The number of aromatic nitrogens is 2. The third-order valence-electron chi connectivity index (χ3n) is 4.52. The van der Waals surface area contributed by atoms with Crippen LogP contribution in [0.3, 0.4) is 0 Å². The van der Waals surface area contributed by atoms with Gasteiger partial charge in [0.1, 0.15) is 0 Å². The lowest BCUT2D eigenvalue weighted by molar-refractivity contribution is -0.142. The lowest BCUT2D eigenvalue weighted by Gasteiger charge is -2.15. The van der Waals surface area contributed by atoms with Gasteiger partial charge in [-0.2, -0.15) is 4.98 Å². The number of nitrogens with one attached hydrogen (secondary N) is 1. The molecule has 2 N–H and O–H groups in total. The lowest BCUT2D eigenvalue weighted by Crippen LogP contribution is -2.33. The third-order valence-corrected chi connectivity index (χ3v) is 4.52. The van der Waals surface area contributed by atoms with E-state index in [4.69, 9.17) is 4.52 Å². The number of hydrogen-bond acceptors (Lipinski definition) is 5. The molecule has 0 spiro atoms. The van der Waals surface area contributed by atoms with Gasteiger partial charge in [-0.1, -0.05) is 57.1 Å². The molecule has 152 valence electrons. The zero-order valence-corrected chi connectivity index (χ0v) is 16.9. The molecule has 0 saturated carbocycles. The second kappa shape index (κ2) is 10.0. The van der Waals surface area contributed by atoms with Crippen LogP contribution in [0.2, 0.25) is 0 Å². The smallest absolute Gasteiger partial charge is 0.308 e. The molecule has 0 radical (unpaired) electrons. The zero-order valence-electron chi connectivity index (χ0n) is 16.9. The molecule has 7 nitrogen and oxygen atoms in total. The Hall–Kier alpha value is -2.70. The van der Waals surface area contributed by atoms with Crippen LogP contribution in [0.15, 0.2) is 28.8 Å². The Kier molecular flexibility index (Phi) is 7.72. The Balaban J connectivity index is 1.84. The zero-order chi connectivity index (χ0) is 20.7. The van der Waals surface area contributed by atoms with Crippen molar-refractivity contribution < 1.29 is 19.2 Å². The van der Waals surface area contributed by atoms with Crippen molar-refractivity contribution in [1.29, 1.82) is 0 Å². The van der Waals surface area contributed by atoms with Gasteiger partial charge in [0.25, 0.3) is 0 Å². The first-order valence-corrected chi connectivity index (χ1v) is 9.68. The summed E-state index contributed by atoms with van der Waals surface area (Å²) in [6, 6.07) is 7.99. The highest BCUT2D eigenvalue weighted by Gasteiger charge is 2.20. The molecule has 1 amide bonds. The van der Waals surface area contributed by atoms with Gasteiger partial charge in [-0.25, -0.2) is 0 Å². The van der Waals surface area contributed by atoms with Crippen LogP contribution in [0.5, 0.6) is 0 Å². The third kappa shape index (κ3) is 6.48. The maximum Gasteiger partial charge on any atom is 0.308 e. The average Bonchev–Trinajstić information content (AvgIpc) is 3.12. The van der Waals surface area contributed by atoms with Crippen molar-refractivity contribution in [2.45, 2.75) is 52.9 Å². The summed E-state index contributed by atoms with van der Waals surface area (Å²) in [5.74, 6) is -0.106. The second-order valence-corrected chi connectivity index (χ2v) is 7.76. The largest absolute Gasteiger partial charge is 0.481 e. The Morgan fingerprint density at radius 1 is 1.14 bits per heavy atom. The van der Waals surface area contributed by atoms with E-state index in [1.165, 1.54) is 5.56 Å². The van der Waals surface area contributed by atoms with Crippen LogP contribution < -0.4 is 5.32 Å². The highest BCUT2D eigenvalue weighted by molar-refractivity contribution is 5.77. The molecular weight excluding hydrogens is 358 g/mol. The minimum absolute atomic E-state index is 0.129. The summed E-state index contributed by atoms with van der Waals surface area (Å²) < 4.78 is 5.23. The summed E-state index contributed by atoms with van der Waals surface area (Å²) in [7, 11) is 0. The van der Waals surface area contributed by atoms with Gasteiger partial charge in [0.15, 0.2) is 0 Å². The fraction of sp³-hybridized carbons (Fsp3) is 0.524. The van der Waals surface area contributed by atoms with Crippen LogP contribution in [-0.4, -0.2) is 33.7 Å². The molecule has 1 aromatic carbocycles. The minimum Gasteiger partial charge on any atom is -0.481 e. The number of carbonyl (C=O) groups is 2. The van der Waals surface area contributed by atoms with E-state index < -0.39 is 11.9 Å². The number of carbonyl (C=O) groups excluding carboxylic acids is 1. The van der Waals surface area contributed by atoms with E-state index in [0.29, 0.717) is 30.5 Å². The molecule has 1 unspecified atom stereocenters. The second-order valence-electron chi connectivity index (χ2n) is 7.76. The van der Waals surface area contributed by atoms with E-state index >= 15 is 0 Å². The Morgan fingerprint density at radius 3 is 2.39 bits per heavy atom. The van der Waals surface area contributed by atoms with Crippen molar-refractivity contribution in [3.05, 3.63) is 35.7 Å². The molecule has 1 aromatic heterocycles. The molecule has 0 aliphatic rings. The molecule has 0 fully saturated rings. The maximum atomic E-state index is 12.0. The van der Waals surface area contributed by atoms with Crippen LogP contribution in [-0.2, 0) is 16.0 Å². The van der Waals surface area contributed by atoms with Crippen molar-refractivity contribution in [2.24, 2.45) is 11.8 Å². The first-order chi connectivity index (χ1) is 13.3. The molecular formula is C21H29N3O4. The van der Waals surface area contributed by atoms with Gasteiger partial charge in [0.05, 0.1) is 5.92 Å². The van der Waals surface area contributed by atoms with E-state index in [9.17, 15) is 14.7 Å². The van der Waals surface area contributed by atoms with Gasteiger partial charge in [0.2, 0.25) is 17.6 Å². The van der Waals surface area contributed by atoms with Crippen LogP contribution in [0, 0.1) is 11.8 Å². The topological polar surface area (TPSA) is 105 Å². The van der Waals surface area contributed by atoms with E-state index in [1.807, 2.05) is 38.1 Å². The summed E-state index contributed by atoms with van der Waals surface area (Å²) in [5, 5.41) is 15.9. The first kappa shape index (κ1) is 21.6. The normalized spacial score (nSPS) is 12.4. The van der Waals surface area contributed by atoms with Gasteiger partial charge in [-0.3, -0.25) is 9.59 Å².